The summed E-state index contributed by atoms with van der Waals surface area (Å²) >= 11 is 5.12. The minimum absolute atomic E-state index is 0.807. The van der Waals surface area contributed by atoms with Crippen LogP contribution in [0.4, 0.5) is 5.82 Å². The highest BCUT2D eigenvalue weighted by Gasteiger charge is 2.13. The average molecular weight is 325 g/mol. The first-order valence-electron chi connectivity index (χ1n) is 5.86. The Morgan fingerprint density at radius 2 is 2.17 bits per heavy atom. The van der Waals surface area contributed by atoms with Crippen molar-refractivity contribution in [3.63, 3.8) is 0 Å². The molecule has 0 saturated carbocycles. The van der Waals surface area contributed by atoms with Gasteiger partial charge in [0.15, 0.2) is 5.82 Å². The molecular weight excluding hydrogens is 312 g/mol. The molecular formula is C12H13BrN4S. The van der Waals surface area contributed by atoms with Crippen LogP contribution in [0.5, 0.6) is 0 Å². The van der Waals surface area contributed by atoms with Crippen LogP contribution in [0.2, 0.25) is 0 Å². The lowest BCUT2D eigenvalue weighted by atomic mass is 10.3. The Kier molecular flexibility index (Phi) is 3.58. The minimum Gasteiger partial charge on any atom is -0.354 e. The molecule has 0 unspecified atom stereocenters. The van der Waals surface area contributed by atoms with Crippen molar-refractivity contribution < 1.29 is 0 Å². The molecule has 0 amide bonds. The van der Waals surface area contributed by atoms with Crippen LogP contribution in [0.1, 0.15) is 0 Å². The lowest BCUT2D eigenvalue weighted by molar-refractivity contribution is 0.585. The summed E-state index contributed by atoms with van der Waals surface area (Å²) in [6.45, 7) is 4.04. The molecule has 1 aliphatic heterocycles. The monoisotopic (exact) mass is 324 g/mol. The third-order valence-electron chi connectivity index (χ3n) is 2.87. The van der Waals surface area contributed by atoms with Crippen molar-refractivity contribution in [2.24, 2.45) is 0 Å². The lowest BCUT2D eigenvalue weighted by Crippen LogP contribution is -2.43. The van der Waals surface area contributed by atoms with Gasteiger partial charge in [0.1, 0.15) is 5.82 Å². The second-order valence-corrected chi connectivity index (χ2v) is 5.93. The Morgan fingerprint density at radius 1 is 1.33 bits per heavy atom. The Morgan fingerprint density at radius 3 is 2.89 bits per heavy atom. The molecule has 2 aromatic heterocycles. The van der Waals surface area contributed by atoms with Crippen molar-refractivity contribution in [2.45, 2.75) is 0 Å². The number of anilines is 1. The van der Waals surface area contributed by atoms with Crippen LogP contribution in [0, 0.1) is 0 Å². The first-order valence-corrected chi connectivity index (χ1v) is 7.53. The van der Waals surface area contributed by atoms with E-state index >= 15 is 0 Å². The summed E-state index contributed by atoms with van der Waals surface area (Å²) in [6.07, 6.45) is 1.84. The maximum absolute atomic E-state index is 4.66. The van der Waals surface area contributed by atoms with Gasteiger partial charge in [-0.15, -0.1) is 11.3 Å². The van der Waals surface area contributed by atoms with E-state index in [1.807, 2.05) is 12.3 Å². The van der Waals surface area contributed by atoms with Crippen molar-refractivity contribution in [1.82, 2.24) is 15.3 Å². The van der Waals surface area contributed by atoms with Gasteiger partial charge < -0.3 is 10.2 Å². The number of halogens is 1. The number of hydrogen-bond donors (Lipinski definition) is 1. The Bertz CT molecular complexity index is 536. The number of rotatable bonds is 2. The van der Waals surface area contributed by atoms with E-state index in [1.54, 1.807) is 11.3 Å². The van der Waals surface area contributed by atoms with E-state index < -0.39 is 0 Å². The largest absolute Gasteiger partial charge is 0.354 e. The van der Waals surface area contributed by atoms with Crippen molar-refractivity contribution in [1.29, 1.82) is 0 Å². The van der Waals surface area contributed by atoms with Crippen LogP contribution in [-0.4, -0.2) is 36.1 Å². The van der Waals surface area contributed by atoms with E-state index in [0.29, 0.717) is 0 Å². The van der Waals surface area contributed by atoms with Gasteiger partial charge in [0.05, 0.1) is 4.88 Å². The van der Waals surface area contributed by atoms with E-state index in [9.17, 15) is 0 Å². The number of nitrogens with zero attached hydrogens (tertiary/aromatic N) is 3. The molecule has 0 atom stereocenters. The molecule has 94 valence electrons. The van der Waals surface area contributed by atoms with E-state index in [0.717, 1.165) is 47.2 Å². The molecule has 2 aromatic rings. The minimum atomic E-state index is 0.807. The summed E-state index contributed by atoms with van der Waals surface area (Å²) in [5.41, 5.74) is 0. The molecule has 18 heavy (non-hydrogen) atoms. The molecule has 3 rings (SSSR count). The molecule has 3 heterocycles. The van der Waals surface area contributed by atoms with Crippen molar-refractivity contribution in [3.05, 3.63) is 28.2 Å². The van der Waals surface area contributed by atoms with Gasteiger partial charge in [-0.1, -0.05) is 0 Å². The molecule has 4 nitrogen and oxygen atoms in total. The van der Waals surface area contributed by atoms with Gasteiger partial charge in [-0.25, -0.2) is 9.97 Å². The van der Waals surface area contributed by atoms with E-state index in [4.69, 9.17) is 0 Å². The van der Waals surface area contributed by atoms with Crippen LogP contribution < -0.4 is 10.2 Å². The maximum atomic E-state index is 4.66. The Labute approximate surface area is 118 Å². The normalized spacial score (nSPS) is 15.9. The fraction of sp³-hybridized carbons (Fsp3) is 0.333. The molecule has 1 N–H and O–H groups in total. The number of hydrogen-bond acceptors (Lipinski definition) is 5. The summed E-state index contributed by atoms with van der Waals surface area (Å²) in [5.74, 6) is 1.83. The first kappa shape index (κ1) is 12.1. The number of piperazine rings is 1. The van der Waals surface area contributed by atoms with Gasteiger partial charge in [-0.05, 0) is 28.1 Å². The van der Waals surface area contributed by atoms with Gasteiger partial charge in [0.25, 0.3) is 0 Å². The van der Waals surface area contributed by atoms with Gasteiger partial charge in [0.2, 0.25) is 0 Å². The number of aromatic nitrogens is 2. The topological polar surface area (TPSA) is 41.1 Å². The fourth-order valence-corrected chi connectivity index (χ4v) is 3.34. The van der Waals surface area contributed by atoms with Gasteiger partial charge in [0, 0.05) is 42.2 Å². The quantitative estimate of drug-likeness (QED) is 0.920. The first-order chi connectivity index (χ1) is 8.83. The standard InChI is InChI=1S/C12H13BrN4S/c13-9-7-10(18-8-9)12-15-2-1-11(16-12)17-5-3-14-4-6-17/h1-2,7-8,14H,3-6H2. The predicted molar refractivity (Wildman–Crippen MR) is 78.1 cm³/mol. The van der Waals surface area contributed by atoms with E-state index in [-0.39, 0.29) is 0 Å². The molecule has 0 aliphatic carbocycles. The lowest BCUT2D eigenvalue weighted by Gasteiger charge is -2.28. The number of thiophene rings is 1. The highest BCUT2D eigenvalue weighted by Crippen LogP contribution is 2.28. The highest BCUT2D eigenvalue weighted by molar-refractivity contribution is 9.10. The molecule has 6 heteroatoms. The Hall–Kier alpha value is -0.980. The SMILES string of the molecule is Brc1csc(-c2nccc(N3CCNCC3)n2)c1. The smallest absolute Gasteiger partial charge is 0.171 e. The van der Waals surface area contributed by atoms with Crippen LogP contribution >= 0.6 is 27.3 Å². The maximum Gasteiger partial charge on any atom is 0.171 e. The summed E-state index contributed by atoms with van der Waals surface area (Å²) in [7, 11) is 0. The van der Waals surface area contributed by atoms with Crippen LogP contribution in [0.15, 0.2) is 28.2 Å². The second kappa shape index (κ2) is 5.34. The molecule has 0 bridgehead atoms. The van der Waals surface area contributed by atoms with Crippen LogP contribution in [0.25, 0.3) is 10.7 Å². The predicted octanol–water partition coefficient (Wildman–Crippen LogP) is 2.38. The molecule has 1 saturated heterocycles. The number of nitrogens with one attached hydrogen (secondary N) is 1. The average Bonchev–Trinajstić information content (AvgIpc) is 2.87. The molecule has 0 spiro atoms. The summed E-state index contributed by atoms with van der Waals surface area (Å²) in [5, 5.41) is 5.40. The highest BCUT2D eigenvalue weighted by atomic mass is 79.9. The van der Waals surface area contributed by atoms with E-state index in [1.165, 1.54) is 0 Å². The molecule has 0 radical (unpaired) electrons. The zero-order chi connectivity index (χ0) is 12.4. The van der Waals surface area contributed by atoms with Crippen LogP contribution in [0.3, 0.4) is 0 Å². The van der Waals surface area contributed by atoms with Crippen molar-refractivity contribution in [2.75, 3.05) is 31.1 Å². The zero-order valence-electron chi connectivity index (χ0n) is 9.77. The van der Waals surface area contributed by atoms with E-state index in [2.05, 4.69) is 47.6 Å². The second-order valence-electron chi connectivity index (χ2n) is 4.10. The third kappa shape index (κ3) is 2.55. The fourth-order valence-electron chi connectivity index (χ4n) is 1.97. The summed E-state index contributed by atoms with van der Waals surface area (Å²) in [6, 6.07) is 4.04. The van der Waals surface area contributed by atoms with Crippen LogP contribution in [-0.2, 0) is 0 Å². The summed E-state index contributed by atoms with van der Waals surface area (Å²) < 4.78 is 1.08. The van der Waals surface area contributed by atoms with Gasteiger partial charge >= 0.3 is 0 Å². The zero-order valence-corrected chi connectivity index (χ0v) is 12.2. The van der Waals surface area contributed by atoms with Gasteiger partial charge in [-0.2, -0.15) is 0 Å². The molecule has 0 aromatic carbocycles. The third-order valence-corrected chi connectivity index (χ3v) is 4.56. The summed E-state index contributed by atoms with van der Waals surface area (Å²) in [4.78, 5) is 12.4. The van der Waals surface area contributed by atoms with Gasteiger partial charge in [-0.3, -0.25) is 0 Å². The molecule has 1 fully saturated rings. The van der Waals surface area contributed by atoms with Crippen molar-refractivity contribution >= 4 is 33.1 Å². The Balaban J connectivity index is 1.88. The van der Waals surface area contributed by atoms with Crippen molar-refractivity contribution in [3.8, 4) is 10.7 Å². The molecule has 1 aliphatic rings.